The van der Waals surface area contributed by atoms with Crippen molar-refractivity contribution in [2.45, 2.75) is 10.5 Å². The van der Waals surface area contributed by atoms with E-state index in [4.69, 9.17) is 2.74 Å². The number of allylic oxidation sites excluding steroid dienone is 2. The monoisotopic (exact) mass is 292 g/mol. The molecule has 0 spiro atoms. The average Bonchev–Trinajstić information content (AvgIpc) is 2.81. The third-order valence-corrected chi connectivity index (χ3v) is 6.89. The van der Waals surface area contributed by atoms with Crippen LogP contribution in [0.3, 0.4) is 0 Å². The summed E-state index contributed by atoms with van der Waals surface area (Å²) in [6.07, 6.45) is 3.63. The predicted octanol–water partition coefficient (Wildman–Crippen LogP) is 2.76. The predicted molar refractivity (Wildman–Crippen MR) is 76.0 cm³/mol. The molecule has 0 aromatic rings. The third-order valence-electron chi connectivity index (χ3n) is 2.08. The number of rotatable bonds is 3. The van der Waals surface area contributed by atoms with E-state index in [0.717, 1.165) is 0 Å². The maximum atomic E-state index is 12.0. The van der Waals surface area contributed by atoms with Gasteiger partial charge in [-0.05, 0) is 12.5 Å². The molecule has 16 heavy (non-hydrogen) atoms. The zero-order chi connectivity index (χ0) is 13.4. The van der Waals surface area contributed by atoms with E-state index in [9.17, 15) is 9.59 Å². The van der Waals surface area contributed by atoms with Gasteiger partial charge in [-0.25, -0.2) is 0 Å². The van der Waals surface area contributed by atoms with Gasteiger partial charge in [-0.2, -0.15) is 0 Å². The van der Waals surface area contributed by atoms with Crippen LogP contribution in [0, 0.1) is 0 Å². The smallest absolute Gasteiger partial charge is 0.172 e. The molecule has 2 heterocycles. The lowest BCUT2D eigenvalue weighted by molar-refractivity contribution is -0.118. The highest BCUT2D eigenvalue weighted by molar-refractivity contribution is 8.25. The Morgan fingerprint density at radius 1 is 1.06 bits per heavy atom. The van der Waals surface area contributed by atoms with Crippen molar-refractivity contribution >= 4 is 58.6 Å². The van der Waals surface area contributed by atoms with Crippen LogP contribution in [0.25, 0.3) is 0 Å². The van der Waals surface area contributed by atoms with Crippen LogP contribution in [-0.4, -0.2) is 34.6 Å². The van der Waals surface area contributed by atoms with Crippen molar-refractivity contribution in [3.63, 3.8) is 0 Å². The Labute approximate surface area is 114 Å². The van der Waals surface area contributed by atoms with E-state index in [0.29, 0.717) is 8.47 Å². The van der Waals surface area contributed by atoms with Gasteiger partial charge in [0.05, 0.1) is 13.2 Å². The lowest BCUT2D eigenvalue weighted by Gasteiger charge is -2.14. The van der Waals surface area contributed by atoms with Gasteiger partial charge in [0.15, 0.2) is 11.6 Å². The summed E-state index contributed by atoms with van der Waals surface area (Å²) >= 11 is 5.30. The largest absolute Gasteiger partial charge is 0.293 e. The zero-order valence-corrected chi connectivity index (χ0v) is 11.9. The number of thioether (sulfide) groups is 4. The normalized spacial score (nSPS) is 32.6. The molecule has 2 unspecified atom stereocenters. The molecular formula is C10H10O2S4. The maximum Gasteiger partial charge on any atom is 0.172 e. The van der Waals surface area contributed by atoms with Gasteiger partial charge in [0.25, 0.3) is 0 Å². The van der Waals surface area contributed by atoms with Crippen molar-refractivity contribution in [1.29, 1.82) is 0 Å². The van der Waals surface area contributed by atoms with Gasteiger partial charge in [-0.15, -0.1) is 47.0 Å². The summed E-state index contributed by atoms with van der Waals surface area (Å²) in [6, 6.07) is 0.0186. The van der Waals surface area contributed by atoms with Gasteiger partial charge in [0.2, 0.25) is 0 Å². The van der Waals surface area contributed by atoms with E-state index in [-0.39, 0.29) is 23.7 Å². The molecule has 0 radical (unpaired) electrons. The second-order valence-electron chi connectivity index (χ2n) is 3.04. The van der Waals surface area contributed by atoms with Crippen molar-refractivity contribution in [2.24, 2.45) is 0 Å². The molecule has 0 bridgehead atoms. The fourth-order valence-electron chi connectivity index (χ4n) is 1.34. The molecule has 0 amide bonds. The molecule has 0 saturated heterocycles. The molecule has 2 nitrogen and oxygen atoms in total. The number of hydrogen-bond donors (Lipinski definition) is 0. The van der Waals surface area contributed by atoms with E-state index in [1.807, 2.05) is 12.5 Å². The van der Waals surface area contributed by atoms with Gasteiger partial charge in [-0.1, -0.05) is 0 Å². The van der Waals surface area contributed by atoms with Crippen LogP contribution in [0.2, 0.25) is 0 Å². The number of ketones is 2. The second kappa shape index (κ2) is 5.25. The quantitative estimate of drug-likeness (QED) is 0.796. The van der Waals surface area contributed by atoms with Crippen LogP contribution >= 0.6 is 47.0 Å². The molecule has 2 aliphatic heterocycles. The van der Waals surface area contributed by atoms with E-state index in [1.54, 1.807) is 0 Å². The Hall–Kier alpha value is 0.220. The molecular weight excluding hydrogens is 280 g/mol. The summed E-state index contributed by atoms with van der Waals surface area (Å²) in [5.74, 6) is -0.573. The average molecular weight is 292 g/mol. The number of carbonyl (C=O) groups excluding carboxylic acids is 2. The van der Waals surface area contributed by atoms with Gasteiger partial charge >= 0.3 is 0 Å². The van der Waals surface area contributed by atoms with E-state index in [2.05, 4.69) is 0 Å². The van der Waals surface area contributed by atoms with E-state index < -0.39 is 10.5 Å². The summed E-state index contributed by atoms with van der Waals surface area (Å²) in [7, 11) is 0. The van der Waals surface area contributed by atoms with Gasteiger partial charge in [-0.3, -0.25) is 9.59 Å². The fraction of sp³-hybridized carbons (Fsp3) is 0.400. The Kier molecular flexibility index (Phi) is 3.34. The van der Waals surface area contributed by atoms with Crippen molar-refractivity contribution in [3.05, 3.63) is 20.6 Å². The van der Waals surface area contributed by atoms with Crippen molar-refractivity contribution < 1.29 is 12.3 Å². The van der Waals surface area contributed by atoms with Crippen molar-refractivity contribution in [1.82, 2.24) is 0 Å². The summed E-state index contributed by atoms with van der Waals surface area (Å²) in [5, 5.41) is -1.08. The standard InChI is InChI=1S/C10H10O2S4/c1-13-7-3-5(11)9(15-7)10-6(12)4-8(14-2)16-10/h3-4,9-10H,1-2H3/i3D,4D. The first-order chi connectivity index (χ1) is 8.51. The first-order valence-electron chi connectivity index (χ1n) is 5.42. The minimum Gasteiger partial charge on any atom is -0.293 e. The first-order valence-corrected chi connectivity index (χ1v) is 8.63. The lowest BCUT2D eigenvalue weighted by Crippen LogP contribution is -2.29. The SMILES string of the molecule is [2H]C1=C(SC)SC(C2SC(SC)=C([2H])C2=O)C1=O. The van der Waals surface area contributed by atoms with Crippen LogP contribution in [0.1, 0.15) is 2.74 Å². The van der Waals surface area contributed by atoms with E-state index in [1.165, 1.54) is 47.0 Å². The van der Waals surface area contributed by atoms with Gasteiger partial charge in [0.1, 0.15) is 0 Å². The molecule has 2 atom stereocenters. The van der Waals surface area contributed by atoms with Crippen LogP contribution in [-0.2, 0) is 9.59 Å². The molecule has 6 heteroatoms. The molecule has 0 aromatic carbocycles. The summed E-state index contributed by atoms with van der Waals surface area (Å²) in [6.45, 7) is 0. The lowest BCUT2D eigenvalue weighted by atomic mass is 10.1. The van der Waals surface area contributed by atoms with Crippen molar-refractivity contribution in [3.8, 4) is 0 Å². The zero-order valence-electron chi connectivity index (χ0n) is 10.6. The van der Waals surface area contributed by atoms with Crippen LogP contribution in [0.15, 0.2) is 20.6 Å². The topological polar surface area (TPSA) is 34.1 Å². The number of hydrogen-bond acceptors (Lipinski definition) is 6. The molecule has 0 aliphatic carbocycles. The first kappa shape index (κ1) is 10.2. The van der Waals surface area contributed by atoms with Crippen LogP contribution in [0.5, 0.6) is 0 Å². The highest BCUT2D eigenvalue weighted by atomic mass is 32.2. The molecule has 0 aromatic heterocycles. The van der Waals surface area contributed by atoms with E-state index >= 15 is 0 Å². The second-order valence-corrected chi connectivity index (χ2v) is 7.49. The molecule has 86 valence electrons. The minimum atomic E-state index is -0.539. The summed E-state index contributed by atoms with van der Waals surface area (Å²) in [4.78, 5) is 24.0. The molecule has 0 N–H and O–H groups in total. The van der Waals surface area contributed by atoms with Crippen LogP contribution < -0.4 is 0 Å². The van der Waals surface area contributed by atoms with Gasteiger partial charge < -0.3 is 0 Å². The molecule has 0 saturated carbocycles. The Balaban J connectivity index is 2.19. The fourth-order valence-corrected chi connectivity index (χ4v) is 5.07. The minimum absolute atomic E-state index is 0.00929. The molecule has 2 rings (SSSR count). The maximum absolute atomic E-state index is 12.0. The van der Waals surface area contributed by atoms with Crippen LogP contribution in [0.4, 0.5) is 0 Å². The molecule has 0 fully saturated rings. The van der Waals surface area contributed by atoms with Gasteiger partial charge in [0, 0.05) is 20.6 Å². The Morgan fingerprint density at radius 3 is 1.69 bits per heavy atom. The highest BCUT2D eigenvalue weighted by Crippen LogP contribution is 2.46. The Bertz CT molecular complexity index is 442. The molecule has 2 aliphatic rings. The summed E-state index contributed by atoms with van der Waals surface area (Å²) in [5.41, 5.74) is 0. The summed E-state index contributed by atoms with van der Waals surface area (Å²) < 4.78 is 16.7. The highest BCUT2D eigenvalue weighted by Gasteiger charge is 2.40. The number of carbonyl (C=O) groups is 2. The Morgan fingerprint density at radius 2 is 1.44 bits per heavy atom. The van der Waals surface area contributed by atoms with Crippen molar-refractivity contribution in [2.75, 3.05) is 12.5 Å². The third kappa shape index (κ3) is 2.39.